The molecule has 1 amide bonds. The second-order valence-corrected chi connectivity index (χ2v) is 7.41. The van der Waals surface area contributed by atoms with E-state index in [0.29, 0.717) is 5.56 Å². The molecule has 0 aromatic heterocycles. The molecule has 0 radical (unpaired) electrons. The average Bonchev–Trinajstić information content (AvgIpc) is 2.48. The fourth-order valence-electron chi connectivity index (χ4n) is 1.55. The Kier molecular flexibility index (Phi) is 7.44. The van der Waals surface area contributed by atoms with Crippen molar-refractivity contribution in [3.8, 4) is 0 Å². The number of rotatable bonds is 2. The van der Waals surface area contributed by atoms with Crippen LogP contribution < -0.4 is 15.9 Å². The van der Waals surface area contributed by atoms with Crippen LogP contribution in [-0.4, -0.2) is 26.3 Å². The van der Waals surface area contributed by atoms with Gasteiger partial charge in [-0.2, -0.15) is 0 Å². The van der Waals surface area contributed by atoms with Crippen LogP contribution in [0.3, 0.4) is 0 Å². The molecule has 0 fully saturated rings. The van der Waals surface area contributed by atoms with Crippen LogP contribution in [0.5, 0.6) is 0 Å². The second-order valence-electron chi connectivity index (χ2n) is 4.43. The maximum atomic E-state index is 11.0. The first kappa shape index (κ1) is 16.8. The van der Waals surface area contributed by atoms with Crippen LogP contribution in [0.2, 0.25) is 0 Å². The number of benzene rings is 2. The molecule has 1 atom stereocenters. The molecule has 0 aliphatic heterocycles. The Bertz CT molecular complexity index is 541. The molecule has 0 saturated carbocycles. The Balaban J connectivity index is 0.000000204. The van der Waals surface area contributed by atoms with Gasteiger partial charge in [-0.15, -0.1) is 9.24 Å². The Hall–Kier alpha value is -1.23. The van der Waals surface area contributed by atoms with Crippen LogP contribution in [0, 0.1) is 0 Å². The fourth-order valence-corrected chi connectivity index (χ4v) is 2.61. The lowest BCUT2D eigenvalue weighted by molar-refractivity contribution is 0.0963. The van der Waals surface area contributed by atoms with E-state index >= 15 is 0 Å². The summed E-state index contributed by atoms with van der Waals surface area (Å²) in [7, 11) is 4.28. The third-order valence-electron chi connectivity index (χ3n) is 2.65. The van der Waals surface area contributed by atoms with Crippen molar-refractivity contribution in [2.45, 2.75) is 0 Å². The van der Waals surface area contributed by atoms with Crippen LogP contribution in [0.4, 0.5) is 0 Å². The molecule has 0 saturated heterocycles. The monoisotopic (exact) mass is 305 g/mol. The summed E-state index contributed by atoms with van der Waals surface area (Å²) in [5, 5.41) is 5.06. The van der Waals surface area contributed by atoms with Gasteiger partial charge >= 0.3 is 0 Å². The normalized spacial score (nSPS) is 9.65. The third kappa shape index (κ3) is 5.82. The predicted octanol–water partition coefficient (Wildman–Crippen LogP) is 2.60. The zero-order chi connectivity index (χ0) is 15.0. The number of amides is 1. The molecule has 20 heavy (non-hydrogen) atoms. The van der Waals surface area contributed by atoms with Gasteiger partial charge in [0, 0.05) is 12.6 Å². The Morgan fingerprint density at radius 1 is 1.05 bits per heavy atom. The van der Waals surface area contributed by atoms with E-state index in [4.69, 9.17) is 0 Å². The molecule has 2 rings (SSSR count). The topological polar surface area (TPSA) is 29.1 Å². The molecular weight excluding hydrogens is 284 g/mol. The maximum Gasteiger partial charge on any atom is 0.251 e. The van der Waals surface area contributed by atoms with Crippen molar-refractivity contribution in [1.29, 1.82) is 0 Å². The summed E-state index contributed by atoms with van der Waals surface area (Å²) in [6.07, 6.45) is 0. The first-order chi connectivity index (χ1) is 9.54. The van der Waals surface area contributed by atoms with Crippen molar-refractivity contribution in [1.82, 2.24) is 5.32 Å². The van der Waals surface area contributed by atoms with Gasteiger partial charge in [-0.05, 0) is 36.1 Å². The number of hydrogen-bond acceptors (Lipinski definition) is 1. The van der Waals surface area contributed by atoms with E-state index in [1.807, 2.05) is 18.2 Å². The van der Waals surface area contributed by atoms with E-state index in [0.717, 1.165) is 5.30 Å². The molecule has 1 unspecified atom stereocenters. The lowest BCUT2D eigenvalue weighted by atomic mass is 10.2. The summed E-state index contributed by atoms with van der Waals surface area (Å²) < 4.78 is 0. The Morgan fingerprint density at radius 3 is 2.15 bits per heavy atom. The van der Waals surface area contributed by atoms with E-state index in [2.05, 4.69) is 58.2 Å². The number of carbonyl (C=O) groups excluding carboxylic acids is 1. The van der Waals surface area contributed by atoms with Crippen molar-refractivity contribution >= 4 is 33.7 Å². The van der Waals surface area contributed by atoms with Crippen molar-refractivity contribution in [3.63, 3.8) is 0 Å². The highest BCUT2D eigenvalue weighted by atomic mass is 31.1. The molecule has 2 aromatic rings. The van der Waals surface area contributed by atoms with Gasteiger partial charge in [-0.25, -0.2) is 0 Å². The van der Waals surface area contributed by atoms with E-state index in [9.17, 15) is 4.79 Å². The highest BCUT2D eigenvalue weighted by Gasteiger charge is 2.00. The smallest absolute Gasteiger partial charge is 0.251 e. The maximum absolute atomic E-state index is 11.0. The van der Waals surface area contributed by atoms with Crippen LogP contribution >= 0.6 is 17.2 Å². The lowest BCUT2D eigenvalue weighted by Crippen LogP contribution is -2.18. The minimum Gasteiger partial charge on any atom is -0.355 e. The quantitative estimate of drug-likeness (QED) is 0.849. The second kappa shape index (κ2) is 8.84. The summed E-state index contributed by atoms with van der Waals surface area (Å²) in [5.41, 5.74) is 0.694. The first-order valence-corrected chi connectivity index (χ1v) is 9.16. The lowest BCUT2D eigenvalue weighted by Gasteiger charge is -2.02. The van der Waals surface area contributed by atoms with Crippen LogP contribution in [-0.2, 0) is 0 Å². The first-order valence-electron chi connectivity index (χ1n) is 6.34. The van der Waals surface area contributed by atoms with Crippen LogP contribution in [0.25, 0.3) is 0 Å². The Morgan fingerprint density at radius 2 is 1.70 bits per heavy atom. The molecule has 0 heterocycles. The van der Waals surface area contributed by atoms with Gasteiger partial charge in [-0.3, -0.25) is 4.79 Å². The fraction of sp³-hybridized carbons (Fsp3) is 0.188. The number of nitrogens with one attached hydrogen (secondary N) is 1. The summed E-state index contributed by atoms with van der Waals surface area (Å²) in [6.45, 7) is 4.54. The highest BCUT2D eigenvalue weighted by molar-refractivity contribution is 7.64. The van der Waals surface area contributed by atoms with Gasteiger partial charge < -0.3 is 5.32 Å². The molecule has 2 nitrogen and oxygen atoms in total. The minimum absolute atomic E-state index is 0.0469. The molecule has 0 aliphatic carbocycles. The zero-order valence-corrected chi connectivity index (χ0v) is 14.2. The van der Waals surface area contributed by atoms with Gasteiger partial charge in [-0.1, -0.05) is 50.4 Å². The van der Waals surface area contributed by atoms with Gasteiger partial charge in [0.25, 0.3) is 5.91 Å². The predicted molar refractivity (Wildman–Crippen MR) is 94.0 cm³/mol. The molecule has 0 aliphatic rings. The summed E-state index contributed by atoms with van der Waals surface area (Å²) in [4.78, 5) is 11.0. The van der Waals surface area contributed by atoms with Gasteiger partial charge in [0.05, 0.1) is 0 Å². The highest BCUT2D eigenvalue weighted by Crippen LogP contribution is 2.22. The molecule has 4 heteroatoms. The van der Waals surface area contributed by atoms with Crippen molar-refractivity contribution in [3.05, 3.63) is 60.2 Å². The summed E-state index contributed by atoms with van der Waals surface area (Å²) >= 11 is 0. The Labute approximate surface area is 124 Å². The number of hydrogen-bond donors (Lipinski definition) is 1. The molecule has 106 valence electrons. The summed E-state index contributed by atoms with van der Waals surface area (Å²) in [6, 6.07) is 18.0. The molecule has 1 N–H and O–H groups in total. The third-order valence-corrected chi connectivity index (χ3v) is 4.34. The van der Waals surface area contributed by atoms with Crippen LogP contribution in [0.1, 0.15) is 10.4 Å². The van der Waals surface area contributed by atoms with E-state index < -0.39 is 0 Å². The number of carbonyl (C=O) groups is 1. The zero-order valence-electron chi connectivity index (χ0n) is 12.1. The van der Waals surface area contributed by atoms with E-state index in [1.165, 1.54) is 5.30 Å². The van der Waals surface area contributed by atoms with Crippen molar-refractivity contribution < 1.29 is 4.79 Å². The SMILES string of the molecule is CNC(=O)c1cccc(P)c1.CP(C)c1ccccc1. The molecule has 2 aromatic carbocycles. The van der Waals surface area contributed by atoms with Gasteiger partial charge in [0.15, 0.2) is 0 Å². The van der Waals surface area contributed by atoms with Crippen LogP contribution in [0.15, 0.2) is 54.6 Å². The van der Waals surface area contributed by atoms with Gasteiger partial charge in [0.2, 0.25) is 0 Å². The van der Waals surface area contributed by atoms with Gasteiger partial charge in [0.1, 0.15) is 0 Å². The largest absolute Gasteiger partial charge is 0.355 e. The summed E-state index contributed by atoms with van der Waals surface area (Å²) in [5.74, 6) is -0.0469. The average molecular weight is 305 g/mol. The van der Waals surface area contributed by atoms with Crippen molar-refractivity contribution in [2.24, 2.45) is 0 Å². The minimum atomic E-state index is -0.0469. The standard InChI is InChI=1S/C8H10NOP.C8H11P/c1-9-8(10)6-3-2-4-7(11)5-6;1-9(2)8-6-4-3-5-7-8/h2-5H,11H2,1H3,(H,9,10);3-7H,1-2H3. The van der Waals surface area contributed by atoms with E-state index in [1.54, 1.807) is 13.1 Å². The molecule has 0 bridgehead atoms. The van der Waals surface area contributed by atoms with Crippen molar-refractivity contribution in [2.75, 3.05) is 20.4 Å². The molecule has 0 spiro atoms. The van der Waals surface area contributed by atoms with E-state index in [-0.39, 0.29) is 13.8 Å². The molecular formula is C16H21NOP2.